The highest BCUT2D eigenvalue weighted by Crippen LogP contribution is 2.40. The molecule has 0 bridgehead atoms. The van der Waals surface area contributed by atoms with E-state index < -0.39 is 29.5 Å². The molecule has 4 aliphatic heterocycles. The van der Waals surface area contributed by atoms with Gasteiger partial charge < -0.3 is 39.9 Å². The monoisotopic (exact) mass is 984 g/mol. The number of hydrogen-bond acceptors (Lipinski definition) is 9. The first-order chi connectivity index (χ1) is 32.6. The Balaban J connectivity index is 0.000000157. The maximum Gasteiger partial charge on any atom is 0.416 e. The fraction of sp³-hybridized carbons (Fsp3) is 0.383. The molecule has 2 fully saturated rings. The molecular weight excluding hydrogens is 937 g/mol. The molecule has 21 heteroatoms. The van der Waals surface area contributed by atoms with Crippen LogP contribution in [0.5, 0.6) is 11.5 Å². The predicted molar refractivity (Wildman–Crippen MR) is 241 cm³/mol. The van der Waals surface area contributed by atoms with E-state index in [1.54, 1.807) is 17.6 Å². The summed E-state index contributed by atoms with van der Waals surface area (Å²) >= 11 is 11.9. The number of benzene rings is 4. The van der Waals surface area contributed by atoms with Gasteiger partial charge in [-0.3, -0.25) is 0 Å². The van der Waals surface area contributed by atoms with Crippen molar-refractivity contribution in [3.63, 3.8) is 0 Å². The van der Waals surface area contributed by atoms with Gasteiger partial charge in [0.1, 0.15) is 30.0 Å². The Labute approximate surface area is 397 Å². The third-order valence-electron chi connectivity index (χ3n) is 12.1. The van der Waals surface area contributed by atoms with Crippen molar-refractivity contribution < 1.29 is 40.6 Å². The van der Waals surface area contributed by atoms with E-state index in [4.69, 9.17) is 38.4 Å². The van der Waals surface area contributed by atoms with Gasteiger partial charge in [-0.1, -0.05) is 59.6 Å². The van der Waals surface area contributed by atoms with Crippen LogP contribution in [0.4, 0.5) is 31.1 Å². The van der Waals surface area contributed by atoms with Gasteiger partial charge in [-0.15, -0.1) is 20.4 Å². The van der Waals surface area contributed by atoms with E-state index in [-0.39, 0.29) is 36.2 Å². The van der Waals surface area contributed by atoms with Crippen molar-refractivity contribution >= 4 is 29.2 Å². The molecule has 68 heavy (non-hydrogen) atoms. The van der Waals surface area contributed by atoms with Gasteiger partial charge in [-0.2, -0.15) is 26.3 Å². The molecule has 4 aromatic carbocycles. The molecule has 360 valence electrons. The molecule has 10 rings (SSSR count). The van der Waals surface area contributed by atoms with E-state index >= 15 is 0 Å². The summed E-state index contributed by atoms with van der Waals surface area (Å²) in [6.07, 6.45) is -0.350. The van der Waals surface area contributed by atoms with Crippen molar-refractivity contribution in [2.75, 3.05) is 26.3 Å². The minimum absolute atomic E-state index is 0.150. The van der Waals surface area contributed by atoms with E-state index in [1.165, 1.54) is 24.1 Å². The van der Waals surface area contributed by atoms with Crippen LogP contribution in [0.2, 0.25) is 10.0 Å². The van der Waals surface area contributed by atoms with Gasteiger partial charge in [0.15, 0.2) is 5.82 Å². The van der Waals surface area contributed by atoms with Gasteiger partial charge in [0.25, 0.3) is 0 Å². The number of nitrogens with zero attached hydrogens (tertiary/aromatic N) is 7. The van der Waals surface area contributed by atoms with Crippen LogP contribution < -0.4 is 25.8 Å². The number of alkyl halides is 6. The molecule has 4 aliphatic rings. The summed E-state index contributed by atoms with van der Waals surface area (Å²) in [7, 11) is 0. The Bertz CT molecular complexity index is 2640. The van der Waals surface area contributed by atoms with Gasteiger partial charge in [0.2, 0.25) is 0 Å². The zero-order valence-corrected chi connectivity index (χ0v) is 38.0. The number of ether oxygens (including phenoxy) is 2. The Morgan fingerprint density at radius 1 is 0.706 bits per heavy atom. The SMILES string of the molecule is Clc1ccc(Cn2cnnc2[C@H]2CCCN2)cc1.N[C@H]1CCOc2cc(C(F)(F)F)ccc21.O=C(N[C@H]1CCOc2cc(C(F)(F)F)ccc21)N1CCC[C@@H]1c1nncn1Cc1ccc(Cl)cc1. The van der Waals surface area contributed by atoms with Crippen molar-refractivity contribution in [2.24, 2.45) is 5.73 Å². The maximum atomic E-state index is 13.3. The third-order valence-corrected chi connectivity index (χ3v) is 12.6. The second-order valence-electron chi connectivity index (χ2n) is 16.8. The Morgan fingerprint density at radius 2 is 1.25 bits per heavy atom. The average molecular weight is 986 g/mol. The summed E-state index contributed by atoms with van der Waals surface area (Å²) in [6.45, 7) is 3.54. The van der Waals surface area contributed by atoms with Gasteiger partial charge in [-0.25, -0.2) is 4.79 Å². The number of hydrogen-bond donors (Lipinski definition) is 3. The minimum Gasteiger partial charge on any atom is -0.493 e. The molecule has 0 saturated carbocycles. The number of fused-ring (bicyclic) bond motifs is 2. The van der Waals surface area contributed by atoms with Crippen molar-refractivity contribution in [2.45, 2.75) is 88.1 Å². The summed E-state index contributed by atoms with van der Waals surface area (Å²) in [5, 5.41) is 24.5. The van der Waals surface area contributed by atoms with Crippen LogP contribution in [0.1, 0.15) is 108 Å². The zero-order valence-electron chi connectivity index (χ0n) is 36.5. The number of carbonyl (C=O) groups is 1. The fourth-order valence-electron chi connectivity index (χ4n) is 8.60. The number of nitrogens with one attached hydrogen (secondary N) is 2. The summed E-state index contributed by atoms with van der Waals surface area (Å²) < 4.78 is 91.0. The molecule has 4 atom stereocenters. The highest BCUT2D eigenvalue weighted by atomic mass is 35.5. The number of amides is 2. The standard InChI is InChI=1S/C24H23ClF3N5O2.C13H15ClN4.C10H10F3NO/c25-17-6-3-15(4-7-17)13-32-14-29-31-22(32)20-2-1-10-33(20)23(34)30-19-9-11-35-21-12-16(24(26,27)28)5-8-18(19)21;14-11-5-3-10(4-6-11)8-18-9-16-17-13(18)12-2-1-7-15-12;11-10(12,13)6-1-2-7-8(14)3-4-15-9(7)5-6/h3-8,12,14,19-20H,1-2,9-11,13H2,(H,30,34);3-6,9,12,15H,1-2,7-8H2;1-2,5,8H,3-4,14H2/t19-,20+;12-;8-/m010/s1. The quantitative estimate of drug-likeness (QED) is 0.133. The van der Waals surface area contributed by atoms with Crippen LogP contribution in [-0.4, -0.2) is 66.8 Å². The van der Waals surface area contributed by atoms with Gasteiger partial charge in [0.05, 0.1) is 55.6 Å². The van der Waals surface area contributed by atoms with Gasteiger partial charge >= 0.3 is 18.4 Å². The largest absolute Gasteiger partial charge is 0.493 e. The Morgan fingerprint density at radius 3 is 1.82 bits per heavy atom. The van der Waals surface area contributed by atoms with E-state index in [2.05, 4.69) is 35.6 Å². The number of likely N-dealkylation sites (tertiary alicyclic amines) is 1. The lowest BCUT2D eigenvalue weighted by atomic mass is 9.98. The topological polar surface area (TPSA) is 150 Å². The van der Waals surface area contributed by atoms with E-state index in [0.717, 1.165) is 73.0 Å². The smallest absolute Gasteiger partial charge is 0.416 e. The molecule has 6 aromatic rings. The fourth-order valence-corrected chi connectivity index (χ4v) is 8.85. The highest BCUT2D eigenvalue weighted by Gasteiger charge is 2.37. The molecule has 13 nitrogen and oxygen atoms in total. The summed E-state index contributed by atoms with van der Waals surface area (Å²) in [4.78, 5) is 15.0. The number of rotatable bonds is 7. The third kappa shape index (κ3) is 11.9. The molecule has 2 amide bonds. The Hall–Kier alpha value is -5.89. The average Bonchev–Trinajstić information content (AvgIpc) is 4.17. The predicted octanol–water partition coefficient (Wildman–Crippen LogP) is 10.3. The van der Waals surface area contributed by atoms with Crippen LogP contribution >= 0.6 is 23.2 Å². The van der Waals surface area contributed by atoms with Crippen molar-refractivity contribution in [3.8, 4) is 11.5 Å². The van der Waals surface area contributed by atoms with E-state index in [9.17, 15) is 31.1 Å². The first kappa shape index (κ1) is 48.6. The molecule has 0 unspecified atom stereocenters. The van der Waals surface area contributed by atoms with Crippen LogP contribution in [-0.2, 0) is 25.4 Å². The van der Waals surface area contributed by atoms with Gasteiger partial charge in [0, 0.05) is 46.6 Å². The summed E-state index contributed by atoms with van der Waals surface area (Å²) in [5.41, 5.74) is 7.69. The van der Waals surface area contributed by atoms with E-state index in [1.807, 2.05) is 53.1 Å². The van der Waals surface area contributed by atoms with E-state index in [0.29, 0.717) is 60.6 Å². The van der Waals surface area contributed by atoms with Gasteiger partial charge in [-0.05, 0) is 91.9 Å². The van der Waals surface area contributed by atoms with Crippen LogP contribution in [0.25, 0.3) is 0 Å². The first-order valence-corrected chi connectivity index (χ1v) is 22.8. The number of halogens is 8. The van der Waals surface area contributed by atoms with Crippen molar-refractivity contribution in [1.29, 1.82) is 0 Å². The molecule has 6 heterocycles. The number of nitrogens with two attached hydrogens (primary N) is 1. The molecule has 0 radical (unpaired) electrons. The molecule has 4 N–H and O–H groups in total. The highest BCUT2D eigenvalue weighted by molar-refractivity contribution is 6.30. The maximum absolute atomic E-state index is 13.3. The second kappa shape index (κ2) is 21.2. The van der Waals surface area contributed by atoms with Crippen molar-refractivity contribution in [1.82, 2.24) is 45.1 Å². The lowest BCUT2D eigenvalue weighted by molar-refractivity contribution is -0.138. The number of aromatic nitrogens is 6. The number of carbonyl (C=O) groups excluding carboxylic acids is 1. The molecule has 2 aromatic heterocycles. The summed E-state index contributed by atoms with van der Waals surface area (Å²) in [5.74, 6) is 2.12. The molecule has 0 spiro atoms. The molecule has 0 aliphatic carbocycles. The minimum atomic E-state index is -4.46. The normalized spacial score (nSPS) is 19.9. The first-order valence-electron chi connectivity index (χ1n) is 22.1. The van der Waals surface area contributed by atoms with Crippen LogP contribution in [0.3, 0.4) is 0 Å². The van der Waals surface area contributed by atoms with Crippen LogP contribution in [0.15, 0.2) is 97.6 Å². The van der Waals surface area contributed by atoms with Crippen molar-refractivity contribution in [3.05, 3.63) is 153 Å². The molecular formula is C47H48Cl2F6N10O3. The number of urea groups is 1. The summed E-state index contributed by atoms with van der Waals surface area (Å²) in [6, 6.07) is 21.4. The zero-order chi connectivity index (χ0) is 48.0. The Kier molecular flexibility index (Phi) is 15.1. The van der Waals surface area contributed by atoms with Crippen LogP contribution in [0, 0.1) is 0 Å². The lowest BCUT2D eigenvalue weighted by Gasteiger charge is -2.31. The second-order valence-corrected chi connectivity index (χ2v) is 17.6. The molecule has 2 saturated heterocycles. The lowest BCUT2D eigenvalue weighted by Crippen LogP contribution is -2.43.